The predicted octanol–water partition coefficient (Wildman–Crippen LogP) is 2.60. The summed E-state index contributed by atoms with van der Waals surface area (Å²) in [4.78, 5) is 21.9. The van der Waals surface area contributed by atoms with Crippen LogP contribution in [0.25, 0.3) is 0 Å². The molecule has 0 radical (unpaired) electrons. The third-order valence-corrected chi connectivity index (χ3v) is 3.15. The number of hydrogen-bond acceptors (Lipinski definition) is 5. The molecule has 0 unspecified atom stereocenters. The number of thioether (sulfide) groups is 1. The molecule has 0 aliphatic carbocycles. The average Bonchev–Trinajstić information content (AvgIpc) is 2.41. The summed E-state index contributed by atoms with van der Waals surface area (Å²) in [5.74, 6) is -0.133. The highest BCUT2D eigenvalue weighted by molar-refractivity contribution is 7.98. The number of rotatable bonds is 4. The molecule has 2 rings (SSSR count). The number of nitrogens with zero attached hydrogens (tertiary/aromatic N) is 3. The Kier molecular flexibility index (Phi) is 4.71. The minimum Gasteiger partial charge on any atom is -0.383 e. The number of amides is 1. The Labute approximate surface area is 123 Å². The number of hydrogen-bond donors (Lipinski definition) is 0. The van der Waals surface area contributed by atoms with E-state index in [1.165, 1.54) is 11.8 Å². The van der Waals surface area contributed by atoms with Gasteiger partial charge in [-0.2, -0.15) is 13.2 Å². The molecule has 0 N–H and O–H groups in total. The Bertz CT molecular complexity index is 563. The molecular formula is C12H12F3N3O2S. The summed E-state index contributed by atoms with van der Waals surface area (Å²) < 4.78 is 38.7. The second kappa shape index (κ2) is 6.33. The third kappa shape index (κ3) is 3.46. The van der Waals surface area contributed by atoms with E-state index in [0.29, 0.717) is 24.7 Å². The molecule has 21 heavy (non-hydrogen) atoms. The topological polar surface area (TPSA) is 54.8 Å². The van der Waals surface area contributed by atoms with Gasteiger partial charge in [0.1, 0.15) is 0 Å². The first-order valence-corrected chi connectivity index (χ1v) is 7.35. The Morgan fingerprint density at radius 3 is 2.90 bits per heavy atom. The minimum absolute atomic E-state index is 0.312. The molecule has 0 atom stereocenters. The van der Waals surface area contributed by atoms with Gasteiger partial charge < -0.3 is 4.84 Å². The number of carbonyl (C=O) groups is 1. The van der Waals surface area contributed by atoms with Gasteiger partial charge in [-0.05, 0) is 12.3 Å². The fourth-order valence-corrected chi connectivity index (χ4v) is 1.91. The summed E-state index contributed by atoms with van der Waals surface area (Å²) in [6.45, 7) is 0.312. The summed E-state index contributed by atoms with van der Waals surface area (Å²) in [6, 6.07) is 0.786. The van der Waals surface area contributed by atoms with Crippen molar-refractivity contribution in [2.24, 2.45) is 5.16 Å². The van der Waals surface area contributed by atoms with Crippen LogP contribution in [0.3, 0.4) is 0 Å². The van der Waals surface area contributed by atoms with Crippen LogP contribution in [0, 0.1) is 0 Å². The van der Waals surface area contributed by atoms with Crippen LogP contribution >= 0.6 is 11.8 Å². The number of carbonyl (C=O) groups excluding carboxylic acids is 1. The second-order valence-electron chi connectivity index (χ2n) is 4.17. The van der Waals surface area contributed by atoms with E-state index < -0.39 is 23.2 Å². The zero-order valence-corrected chi connectivity index (χ0v) is 11.9. The van der Waals surface area contributed by atoms with Crippen molar-refractivity contribution in [3.05, 3.63) is 29.6 Å². The normalized spacial score (nSPS) is 16.8. The summed E-state index contributed by atoms with van der Waals surface area (Å²) in [7, 11) is 0. The van der Waals surface area contributed by atoms with Crippen LogP contribution in [0.5, 0.6) is 0 Å². The van der Waals surface area contributed by atoms with Crippen molar-refractivity contribution in [2.45, 2.75) is 12.6 Å². The summed E-state index contributed by atoms with van der Waals surface area (Å²) >= 11 is 1.40. The van der Waals surface area contributed by atoms with Crippen LogP contribution in [0.1, 0.15) is 22.3 Å². The number of oxime groups is 1. The maximum Gasteiger partial charge on any atom is 0.417 e. The van der Waals surface area contributed by atoms with Crippen LogP contribution in [0.2, 0.25) is 0 Å². The van der Waals surface area contributed by atoms with Gasteiger partial charge in [0.2, 0.25) is 0 Å². The van der Waals surface area contributed by atoms with Gasteiger partial charge in [-0.15, -0.1) is 11.8 Å². The van der Waals surface area contributed by atoms with Gasteiger partial charge in [0, 0.05) is 25.4 Å². The lowest BCUT2D eigenvalue weighted by Crippen LogP contribution is -2.48. The standard InChI is InChI=1S/C12H12F3N3O2S/c1-21-7-20-17-10-3-5-18(10)11(19)8-6-16-4-2-9(8)12(13,14)15/h2,4,6H,3,5,7H2,1H3. The molecule has 1 aromatic heterocycles. The van der Waals surface area contributed by atoms with Crippen molar-refractivity contribution in [3.8, 4) is 0 Å². The molecule has 114 valence electrons. The first-order valence-electron chi connectivity index (χ1n) is 5.96. The number of alkyl halides is 3. The van der Waals surface area contributed by atoms with E-state index in [4.69, 9.17) is 4.84 Å². The maximum atomic E-state index is 12.9. The van der Waals surface area contributed by atoms with Crippen molar-refractivity contribution in [1.82, 2.24) is 9.88 Å². The van der Waals surface area contributed by atoms with Crippen molar-refractivity contribution >= 4 is 23.5 Å². The molecule has 5 nitrogen and oxygen atoms in total. The van der Waals surface area contributed by atoms with Crippen LogP contribution in [0.15, 0.2) is 23.6 Å². The maximum absolute atomic E-state index is 12.9. The summed E-state index contributed by atoms with van der Waals surface area (Å²) in [5, 5.41) is 3.74. The molecular weight excluding hydrogens is 307 g/mol. The van der Waals surface area contributed by atoms with E-state index in [-0.39, 0.29) is 0 Å². The average molecular weight is 319 g/mol. The highest BCUT2D eigenvalue weighted by Gasteiger charge is 2.38. The van der Waals surface area contributed by atoms with Crippen LogP contribution in [-0.2, 0) is 11.0 Å². The van der Waals surface area contributed by atoms with Crippen LogP contribution in [0.4, 0.5) is 13.2 Å². The Morgan fingerprint density at radius 2 is 2.33 bits per heavy atom. The van der Waals surface area contributed by atoms with Crippen molar-refractivity contribution in [2.75, 3.05) is 18.7 Å². The van der Waals surface area contributed by atoms with Gasteiger partial charge in [-0.3, -0.25) is 14.7 Å². The van der Waals surface area contributed by atoms with Crippen LogP contribution < -0.4 is 0 Å². The van der Waals surface area contributed by atoms with E-state index in [2.05, 4.69) is 10.1 Å². The predicted molar refractivity (Wildman–Crippen MR) is 71.8 cm³/mol. The summed E-state index contributed by atoms with van der Waals surface area (Å²) in [5.41, 5.74) is -1.49. The Hall–Kier alpha value is -1.77. The highest BCUT2D eigenvalue weighted by Crippen LogP contribution is 2.32. The van der Waals surface area contributed by atoms with E-state index in [1.807, 2.05) is 6.26 Å². The molecule has 1 aromatic rings. The molecule has 0 saturated carbocycles. The molecule has 1 saturated heterocycles. The van der Waals surface area contributed by atoms with E-state index in [1.54, 1.807) is 0 Å². The fraction of sp³-hybridized carbons (Fsp3) is 0.417. The molecule has 1 amide bonds. The number of pyridine rings is 1. The zero-order chi connectivity index (χ0) is 15.5. The molecule has 1 fully saturated rings. The number of halogens is 3. The second-order valence-corrected chi connectivity index (χ2v) is 4.98. The molecule has 0 aromatic carbocycles. The van der Waals surface area contributed by atoms with Gasteiger partial charge in [0.15, 0.2) is 11.8 Å². The zero-order valence-electron chi connectivity index (χ0n) is 11.1. The lowest BCUT2D eigenvalue weighted by molar-refractivity contribution is -0.138. The lowest BCUT2D eigenvalue weighted by Gasteiger charge is -2.32. The van der Waals surface area contributed by atoms with Gasteiger partial charge in [0.25, 0.3) is 5.91 Å². The Balaban J connectivity index is 2.20. The first-order chi connectivity index (χ1) is 9.95. The van der Waals surface area contributed by atoms with Crippen LogP contribution in [-0.4, -0.2) is 40.4 Å². The number of likely N-dealkylation sites (tertiary alicyclic amines) is 1. The Morgan fingerprint density at radius 1 is 1.57 bits per heavy atom. The largest absolute Gasteiger partial charge is 0.417 e. The fourth-order valence-electron chi connectivity index (χ4n) is 1.75. The monoisotopic (exact) mass is 319 g/mol. The van der Waals surface area contributed by atoms with E-state index in [9.17, 15) is 18.0 Å². The van der Waals surface area contributed by atoms with Gasteiger partial charge >= 0.3 is 6.18 Å². The molecule has 1 aliphatic heterocycles. The summed E-state index contributed by atoms with van der Waals surface area (Å²) in [6.07, 6.45) is -0.377. The lowest BCUT2D eigenvalue weighted by atomic mass is 10.1. The quantitative estimate of drug-likeness (QED) is 0.486. The van der Waals surface area contributed by atoms with Crippen molar-refractivity contribution in [1.29, 1.82) is 0 Å². The third-order valence-electron chi connectivity index (χ3n) is 2.81. The van der Waals surface area contributed by atoms with Gasteiger partial charge in [-0.1, -0.05) is 5.16 Å². The van der Waals surface area contributed by atoms with Gasteiger partial charge in [0.05, 0.1) is 11.1 Å². The van der Waals surface area contributed by atoms with E-state index in [0.717, 1.165) is 23.4 Å². The molecule has 0 bridgehead atoms. The minimum atomic E-state index is -4.61. The first kappa shape index (κ1) is 15.6. The van der Waals surface area contributed by atoms with Crippen molar-refractivity contribution < 1.29 is 22.8 Å². The molecule has 2 heterocycles. The molecule has 9 heteroatoms. The highest BCUT2D eigenvalue weighted by atomic mass is 32.2. The SMILES string of the molecule is CSCON=C1CCN1C(=O)c1cnccc1C(F)(F)F. The van der Waals surface area contributed by atoms with E-state index >= 15 is 0 Å². The molecule has 0 spiro atoms. The number of aromatic nitrogens is 1. The smallest absolute Gasteiger partial charge is 0.383 e. The van der Waals surface area contributed by atoms with Crippen molar-refractivity contribution in [3.63, 3.8) is 0 Å². The molecule has 1 aliphatic rings. The van der Waals surface area contributed by atoms with Gasteiger partial charge in [-0.25, -0.2) is 0 Å². The number of amidine groups is 1.